The van der Waals surface area contributed by atoms with E-state index in [2.05, 4.69) is 39.2 Å². The Bertz CT molecular complexity index is 441. The number of H-pyrrole nitrogens is 1. The van der Waals surface area contributed by atoms with Crippen molar-refractivity contribution < 1.29 is 4.74 Å². The molecule has 2 aliphatic rings. The van der Waals surface area contributed by atoms with Gasteiger partial charge in [0.05, 0.1) is 6.61 Å². The number of hydrogen-bond acceptors (Lipinski definition) is 5. The Balaban J connectivity index is 1.61. The van der Waals surface area contributed by atoms with Crippen molar-refractivity contribution in [1.82, 2.24) is 25.4 Å². The van der Waals surface area contributed by atoms with Crippen LogP contribution in [-0.4, -0.2) is 59.4 Å². The van der Waals surface area contributed by atoms with Crippen molar-refractivity contribution in [1.29, 1.82) is 0 Å². The predicted molar refractivity (Wildman–Crippen MR) is 76.5 cm³/mol. The van der Waals surface area contributed by atoms with Gasteiger partial charge in [-0.25, -0.2) is 4.98 Å². The van der Waals surface area contributed by atoms with Crippen molar-refractivity contribution in [2.75, 3.05) is 39.3 Å². The SMILES string of the molecule is CCc1nc(C2CN(CC3(C)CCNC3)CCO2)n[nH]1. The minimum absolute atomic E-state index is 0.0123. The fourth-order valence-corrected chi connectivity index (χ4v) is 3.16. The van der Waals surface area contributed by atoms with Gasteiger partial charge in [0.25, 0.3) is 0 Å². The molecule has 0 amide bonds. The van der Waals surface area contributed by atoms with E-state index in [9.17, 15) is 0 Å². The Hall–Kier alpha value is -0.980. The van der Waals surface area contributed by atoms with E-state index in [1.165, 1.54) is 6.42 Å². The number of aromatic amines is 1. The highest BCUT2D eigenvalue weighted by Crippen LogP contribution is 2.28. The van der Waals surface area contributed by atoms with Crippen LogP contribution in [0.2, 0.25) is 0 Å². The Labute approximate surface area is 120 Å². The number of morpholine rings is 1. The Morgan fingerprint density at radius 3 is 3.10 bits per heavy atom. The van der Waals surface area contributed by atoms with Crippen LogP contribution < -0.4 is 5.32 Å². The number of ether oxygens (including phenoxy) is 1. The highest BCUT2D eigenvalue weighted by Gasteiger charge is 2.33. The lowest BCUT2D eigenvalue weighted by atomic mass is 9.89. The second-order valence-electron chi connectivity index (χ2n) is 6.33. The molecule has 2 fully saturated rings. The molecule has 2 unspecified atom stereocenters. The molecule has 6 heteroatoms. The van der Waals surface area contributed by atoms with Crippen LogP contribution in [0.3, 0.4) is 0 Å². The first-order valence-electron chi connectivity index (χ1n) is 7.64. The van der Waals surface area contributed by atoms with Gasteiger partial charge in [-0.1, -0.05) is 13.8 Å². The highest BCUT2D eigenvalue weighted by atomic mass is 16.5. The molecule has 2 aliphatic heterocycles. The molecule has 0 bridgehead atoms. The van der Waals surface area contributed by atoms with Gasteiger partial charge in [-0.3, -0.25) is 10.00 Å². The molecule has 0 saturated carbocycles. The van der Waals surface area contributed by atoms with Crippen LogP contribution in [0.4, 0.5) is 0 Å². The van der Waals surface area contributed by atoms with E-state index in [-0.39, 0.29) is 6.10 Å². The Kier molecular flexibility index (Phi) is 4.05. The van der Waals surface area contributed by atoms with E-state index in [4.69, 9.17) is 4.74 Å². The van der Waals surface area contributed by atoms with Crippen molar-refractivity contribution in [3.05, 3.63) is 11.6 Å². The maximum atomic E-state index is 5.85. The summed E-state index contributed by atoms with van der Waals surface area (Å²) in [6.45, 7) is 10.5. The summed E-state index contributed by atoms with van der Waals surface area (Å²) in [6.07, 6.45) is 2.15. The molecular formula is C14H25N5O. The smallest absolute Gasteiger partial charge is 0.180 e. The van der Waals surface area contributed by atoms with Crippen LogP contribution in [-0.2, 0) is 11.2 Å². The fraction of sp³-hybridized carbons (Fsp3) is 0.857. The summed E-state index contributed by atoms with van der Waals surface area (Å²) >= 11 is 0. The summed E-state index contributed by atoms with van der Waals surface area (Å²) in [5.41, 5.74) is 0.398. The average molecular weight is 279 g/mol. The van der Waals surface area contributed by atoms with E-state index < -0.39 is 0 Å². The van der Waals surface area contributed by atoms with Crippen molar-refractivity contribution in [3.8, 4) is 0 Å². The van der Waals surface area contributed by atoms with E-state index in [1.807, 2.05) is 0 Å². The lowest BCUT2D eigenvalue weighted by Gasteiger charge is -2.36. The standard InChI is InChI=1S/C14H25N5O/c1-3-12-16-13(18-17-12)11-8-19(6-7-20-11)10-14(2)4-5-15-9-14/h11,15H,3-10H2,1-2H3,(H,16,17,18). The minimum atomic E-state index is 0.0123. The zero-order valence-corrected chi connectivity index (χ0v) is 12.5. The van der Waals surface area contributed by atoms with E-state index in [1.54, 1.807) is 0 Å². The van der Waals surface area contributed by atoms with Gasteiger partial charge in [0.2, 0.25) is 0 Å². The fourth-order valence-electron chi connectivity index (χ4n) is 3.16. The summed E-state index contributed by atoms with van der Waals surface area (Å²) in [6, 6.07) is 0. The minimum Gasteiger partial charge on any atom is -0.367 e. The molecule has 3 rings (SSSR count). The normalized spacial score (nSPS) is 31.8. The summed E-state index contributed by atoms with van der Waals surface area (Å²) < 4.78 is 5.85. The third kappa shape index (κ3) is 3.02. The topological polar surface area (TPSA) is 66.1 Å². The molecule has 0 aliphatic carbocycles. The Morgan fingerprint density at radius 1 is 1.50 bits per heavy atom. The first-order valence-corrected chi connectivity index (χ1v) is 7.64. The first-order chi connectivity index (χ1) is 9.68. The molecule has 6 nitrogen and oxygen atoms in total. The quantitative estimate of drug-likeness (QED) is 0.851. The van der Waals surface area contributed by atoms with E-state index in [0.29, 0.717) is 5.41 Å². The van der Waals surface area contributed by atoms with Crippen LogP contribution in [0.1, 0.15) is 38.0 Å². The molecule has 0 spiro atoms. The highest BCUT2D eigenvalue weighted by molar-refractivity contribution is 4.97. The molecule has 1 aromatic rings. The molecule has 0 aromatic carbocycles. The molecule has 112 valence electrons. The van der Waals surface area contributed by atoms with Crippen LogP contribution in [0.5, 0.6) is 0 Å². The molecule has 20 heavy (non-hydrogen) atoms. The molecule has 3 heterocycles. The van der Waals surface area contributed by atoms with Gasteiger partial charge in [-0.15, -0.1) is 0 Å². The zero-order valence-electron chi connectivity index (χ0n) is 12.5. The van der Waals surface area contributed by atoms with Crippen molar-refractivity contribution in [2.24, 2.45) is 5.41 Å². The van der Waals surface area contributed by atoms with Gasteiger partial charge in [0, 0.05) is 32.6 Å². The number of aromatic nitrogens is 3. The van der Waals surface area contributed by atoms with Gasteiger partial charge in [0.1, 0.15) is 11.9 Å². The van der Waals surface area contributed by atoms with Crippen molar-refractivity contribution >= 4 is 0 Å². The molecular weight excluding hydrogens is 254 g/mol. The van der Waals surface area contributed by atoms with Gasteiger partial charge in [-0.05, 0) is 18.4 Å². The van der Waals surface area contributed by atoms with E-state index >= 15 is 0 Å². The van der Waals surface area contributed by atoms with Crippen LogP contribution in [0.25, 0.3) is 0 Å². The molecule has 1 aromatic heterocycles. The number of rotatable bonds is 4. The van der Waals surface area contributed by atoms with Crippen molar-refractivity contribution in [2.45, 2.75) is 32.8 Å². The first kappa shape index (κ1) is 14.0. The second kappa shape index (κ2) is 5.79. The Morgan fingerprint density at radius 2 is 2.40 bits per heavy atom. The second-order valence-corrected chi connectivity index (χ2v) is 6.33. The summed E-state index contributed by atoms with van der Waals surface area (Å²) in [5.74, 6) is 1.74. The summed E-state index contributed by atoms with van der Waals surface area (Å²) in [5, 5.41) is 10.7. The van der Waals surface area contributed by atoms with E-state index in [0.717, 1.165) is 57.4 Å². The summed E-state index contributed by atoms with van der Waals surface area (Å²) in [7, 11) is 0. The van der Waals surface area contributed by atoms with Gasteiger partial charge in [-0.2, -0.15) is 5.10 Å². The number of aryl methyl sites for hydroxylation is 1. The maximum Gasteiger partial charge on any atom is 0.180 e. The number of hydrogen-bond donors (Lipinski definition) is 2. The van der Waals surface area contributed by atoms with Gasteiger partial charge in [0.15, 0.2) is 5.82 Å². The summed E-state index contributed by atoms with van der Waals surface area (Å²) in [4.78, 5) is 7.01. The van der Waals surface area contributed by atoms with Crippen LogP contribution >= 0.6 is 0 Å². The lowest BCUT2D eigenvalue weighted by Crippen LogP contribution is -2.44. The maximum absolute atomic E-state index is 5.85. The number of nitrogens with one attached hydrogen (secondary N) is 2. The van der Waals surface area contributed by atoms with Crippen LogP contribution in [0.15, 0.2) is 0 Å². The third-order valence-electron chi connectivity index (χ3n) is 4.38. The molecule has 2 saturated heterocycles. The lowest BCUT2D eigenvalue weighted by molar-refractivity contribution is -0.0439. The largest absolute Gasteiger partial charge is 0.367 e. The van der Waals surface area contributed by atoms with Gasteiger partial charge < -0.3 is 10.1 Å². The third-order valence-corrected chi connectivity index (χ3v) is 4.38. The van der Waals surface area contributed by atoms with Crippen molar-refractivity contribution in [3.63, 3.8) is 0 Å². The predicted octanol–water partition coefficient (Wildman–Crippen LogP) is 0.740. The molecule has 2 atom stereocenters. The average Bonchev–Trinajstić information content (AvgIpc) is 3.08. The monoisotopic (exact) mass is 279 g/mol. The molecule has 0 radical (unpaired) electrons. The molecule has 2 N–H and O–H groups in total. The van der Waals surface area contributed by atoms with Crippen LogP contribution in [0, 0.1) is 5.41 Å². The van der Waals surface area contributed by atoms with Gasteiger partial charge >= 0.3 is 0 Å². The number of nitrogens with zero attached hydrogens (tertiary/aromatic N) is 3. The zero-order chi connectivity index (χ0) is 14.0.